The molecule has 1 N–H and O–H groups in total. The lowest BCUT2D eigenvalue weighted by Crippen LogP contribution is -2.22. The molecule has 0 aromatic carbocycles. The minimum Gasteiger partial charge on any atom is -0.392 e. The predicted octanol–water partition coefficient (Wildman–Crippen LogP) is 4.36. The monoisotopic (exact) mass is 252 g/mol. The molecule has 1 aliphatic rings. The third kappa shape index (κ3) is 3.32. The van der Waals surface area contributed by atoms with Crippen LogP contribution in [0.3, 0.4) is 0 Å². The van der Waals surface area contributed by atoms with Gasteiger partial charge < -0.3 is 5.11 Å². The van der Waals surface area contributed by atoms with Crippen LogP contribution in [0.4, 0.5) is 0 Å². The maximum Gasteiger partial charge on any atom is 0.0609 e. The van der Waals surface area contributed by atoms with Gasteiger partial charge in [-0.15, -0.1) is 11.3 Å². The van der Waals surface area contributed by atoms with Crippen molar-refractivity contribution >= 4 is 11.3 Å². The fraction of sp³-hybridized carbons (Fsp3) is 0.733. The molecule has 0 radical (unpaired) electrons. The fourth-order valence-electron chi connectivity index (χ4n) is 2.86. The number of aliphatic hydroxyl groups excluding tert-OH is 1. The lowest BCUT2D eigenvalue weighted by Gasteiger charge is -2.27. The van der Waals surface area contributed by atoms with Gasteiger partial charge in [0.1, 0.15) is 0 Å². The number of hydrogen-bond donors (Lipinski definition) is 1. The van der Waals surface area contributed by atoms with E-state index < -0.39 is 0 Å². The molecule has 1 aromatic rings. The van der Waals surface area contributed by atoms with E-state index in [0.29, 0.717) is 5.92 Å². The van der Waals surface area contributed by atoms with E-state index in [-0.39, 0.29) is 6.10 Å². The lowest BCUT2D eigenvalue weighted by atomic mass is 9.82. The minimum absolute atomic E-state index is 0.123. The van der Waals surface area contributed by atoms with E-state index in [9.17, 15) is 5.11 Å². The summed E-state index contributed by atoms with van der Waals surface area (Å²) in [5, 5.41) is 12.5. The first-order valence-corrected chi connectivity index (χ1v) is 7.80. The molecule has 96 valence electrons. The summed E-state index contributed by atoms with van der Waals surface area (Å²) in [6, 6.07) is 2.23. The van der Waals surface area contributed by atoms with Crippen LogP contribution in [0.1, 0.15) is 62.3 Å². The zero-order valence-corrected chi connectivity index (χ0v) is 11.8. The zero-order valence-electron chi connectivity index (χ0n) is 11.0. The Bertz CT molecular complexity index is 342. The average molecular weight is 252 g/mol. The molecule has 0 spiro atoms. The normalized spacial score (nSPS) is 21.5. The van der Waals surface area contributed by atoms with Crippen LogP contribution in [0.25, 0.3) is 0 Å². The number of aliphatic hydroxyl groups is 1. The van der Waals surface area contributed by atoms with E-state index in [1.807, 2.05) is 11.3 Å². The van der Waals surface area contributed by atoms with Gasteiger partial charge in [-0.3, -0.25) is 0 Å². The van der Waals surface area contributed by atoms with Gasteiger partial charge in [-0.05, 0) is 48.6 Å². The van der Waals surface area contributed by atoms with Crippen LogP contribution < -0.4 is 0 Å². The standard InChI is InChI=1S/C15H24OS/c1-11(2)5-3-7-14(16)12-6-4-8-15-13(12)9-10-17-15/h9-12,14,16H,3-8H2,1-2H3. The van der Waals surface area contributed by atoms with E-state index in [1.54, 1.807) is 0 Å². The highest BCUT2D eigenvalue weighted by molar-refractivity contribution is 7.10. The Balaban J connectivity index is 1.90. The molecule has 0 amide bonds. The summed E-state index contributed by atoms with van der Waals surface area (Å²) in [4.78, 5) is 1.52. The molecular formula is C15H24OS. The Kier molecular flexibility index (Phi) is 4.63. The SMILES string of the molecule is CC(C)CCCC(O)C1CCCc2sccc21. The second kappa shape index (κ2) is 6.01. The molecule has 0 saturated heterocycles. The van der Waals surface area contributed by atoms with Crippen LogP contribution in [0, 0.1) is 5.92 Å². The quantitative estimate of drug-likeness (QED) is 0.825. The van der Waals surface area contributed by atoms with E-state index in [2.05, 4.69) is 25.3 Å². The Hall–Kier alpha value is -0.340. The Morgan fingerprint density at radius 3 is 3.00 bits per heavy atom. The number of aryl methyl sites for hydroxylation is 1. The predicted molar refractivity (Wildman–Crippen MR) is 74.7 cm³/mol. The summed E-state index contributed by atoms with van der Waals surface area (Å²) >= 11 is 1.86. The number of rotatable bonds is 5. The van der Waals surface area contributed by atoms with Crippen LogP contribution in [0.15, 0.2) is 11.4 Å². The molecule has 1 aromatic heterocycles. The first kappa shape index (κ1) is 13.1. The summed E-state index contributed by atoms with van der Waals surface area (Å²) in [5.74, 6) is 1.17. The molecule has 2 atom stereocenters. The molecule has 17 heavy (non-hydrogen) atoms. The number of hydrogen-bond acceptors (Lipinski definition) is 2. The van der Waals surface area contributed by atoms with Crippen LogP contribution in [0.2, 0.25) is 0 Å². The molecule has 0 saturated carbocycles. The first-order valence-electron chi connectivity index (χ1n) is 6.93. The van der Waals surface area contributed by atoms with E-state index in [1.165, 1.54) is 36.1 Å². The third-order valence-electron chi connectivity index (χ3n) is 3.84. The van der Waals surface area contributed by atoms with Crippen molar-refractivity contribution in [1.29, 1.82) is 0 Å². The van der Waals surface area contributed by atoms with Crippen LogP contribution >= 0.6 is 11.3 Å². The van der Waals surface area contributed by atoms with Crippen molar-refractivity contribution in [2.45, 2.75) is 64.4 Å². The van der Waals surface area contributed by atoms with Crippen molar-refractivity contribution in [2.24, 2.45) is 5.92 Å². The summed E-state index contributed by atoms with van der Waals surface area (Å²) in [7, 11) is 0. The first-order chi connectivity index (χ1) is 8.18. The second-order valence-electron chi connectivity index (χ2n) is 5.69. The van der Waals surface area contributed by atoms with Crippen molar-refractivity contribution in [3.05, 3.63) is 21.9 Å². The molecular weight excluding hydrogens is 228 g/mol. The van der Waals surface area contributed by atoms with Crippen molar-refractivity contribution in [1.82, 2.24) is 0 Å². The van der Waals surface area contributed by atoms with Gasteiger partial charge >= 0.3 is 0 Å². The van der Waals surface area contributed by atoms with Gasteiger partial charge in [-0.25, -0.2) is 0 Å². The molecule has 1 nitrogen and oxygen atoms in total. The largest absolute Gasteiger partial charge is 0.392 e. The van der Waals surface area contributed by atoms with Gasteiger partial charge in [0, 0.05) is 10.8 Å². The van der Waals surface area contributed by atoms with Crippen LogP contribution in [-0.4, -0.2) is 11.2 Å². The second-order valence-corrected chi connectivity index (χ2v) is 6.69. The molecule has 0 aliphatic heterocycles. The van der Waals surface area contributed by atoms with Gasteiger partial charge in [-0.2, -0.15) is 0 Å². The van der Waals surface area contributed by atoms with Gasteiger partial charge in [-0.1, -0.05) is 26.7 Å². The summed E-state index contributed by atoms with van der Waals surface area (Å²) < 4.78 is 0. The highest BCUT2D eigenvalue weighted by Crippen LogP contribution is 2.38. The Labute approximate surface area is 109 Å². The average Bonchev–Trinajstić information content (AvgIpc) is 2.75. The van der Waals surface area contributed by atoms with Gasteiger partial charge in [0.05, 0.1) is 6.10 Å². The van der Waals surface area contributed by atoms with Gasteiger partial charge in [0.15, 0.2) is 0 Å². The topological polar surface area (TPSA) is 20.2 Å². The summed E-state index contributed by atoms with van der Waals surface area (Å²) in [5.41, 5.74) is 1.44. The molecule has 2 heteroatoms. The maximum absolute atomic E-state index is 10.4. The van der Waals surface area contributed by atoms with Crippen LogP contribution in [0.5, 0.6) is 0 Å². The summed E-state index contributed by atoms with van der Waals surface area (Å²) in [6.07, 6.45) is 6.89. The molecule has 1 aliphatic carbocycles. The number of fused-ring (bicyclic) bond motifs is 1. The summed E-state index contributed by atoms with van der Waals surface area (Å²) in [6.45, 7) is 4.51. The van der Waals surface area contributed by atoms with Gasteiger partial charge in [0.25, 0.3) is 0 Å². The highest BCUT2D eigenvalue weighted by Gasteiger charge is 2.26. The third-order valence-corrected chi connectivity index (χ3v) is 4.84. The van der Waals surface area contributed by atoms with E-state index in [0.717, 1.165) is 18.8 Å². The van der Waals surface area contributed by atoms with Crippen molar-refractivity contribution in [3.63, 3.8) is 0 Å². The smallest absolute Gasteiger partial charge is 0.0609 e. The zero-order chi connectivity index (χ0) is 12.3. The maximum atomic E-state index is 10.4. The van der Waals surface area contributed by atoms with Gasteiger partial charge in [0.2, 0.25) is 0 Å². The van der Waals surface area contributed by atoms with Crippen molar-refractivity contribution < 1.29 is 5.11 Å². The molecule has 2 rings (SSSR count). The van der Waals surface area contributed by atoms with Crippen molar-refractivity contribution in [3.8, 4) is 0 Å². The molecule has 0 bridgehead atoms. The minimum atomic E-state index is -0.123. The van der Waals surface area contributed by atoms with Crippen LogP contribution in [-0.2, 0) is 6.42 Å². The van der Waals surface area contributed by atoms with Crippen molar-refractivity contribution in [2.75, 3.05) is 0 Å². The highest BCUT2D eigenvalue weighted by atomic mass is 32.1. The lowest BCUT2D eigenvalue weighted by molar-refractivity contribution is 0.121. The van der Waals surface area contributed by atoms with E-state index in [4.69, 9.17) is 0 Å². The fourth-order valence-corrected chi connectivity index (χ4v) is 3.85. The Morgan fingerprint density at radius 1 is 1.41 bits per heavy atom. The Morgan fingerprint density at radius 2 is 2.24 bits per heavy atom. The molecule has 0 fully saturated rings. The molecule has 2 unspecified atom stereocenters. The number of thiophene rings is 1. The molecule has 1 heterocycles. The van der Waals surface area contributed by atoms with E-state index >= 15 is 0 Å².